The van der Waals surface area contributed by atoms with Crippen molar-refractivity contribution in [3.8, 4) is 17.3 Å². The highest BCUT2D eigenvalue weighted by Crippen LogP contribution is 2.36. The minimum absolute atomic E-state index is 0.0208. The van der Waals surface area contributed by atoms with Gasteiger partial charge in [-0.2, -0.15) is 14.7 Å². The third-order valence-corrected chi connectivity index (χ3v) is 8.98. The van der Waals surface area contributed by atoms with Gasteiger partial charge in [0.15, 0.2) is 5.65 Å². The summed E-state index contributed by atoms with van der Waals surface area (Å²) in [4.78, 5) is 35.4. The highest BCUT2D eigenvalue weighted by Gasteiger charge is 2.49. The summed E-state index contributed by atoms with van der Waals surface area (Å²) in [6.07, 6.45) is 5.57. The van der Waals surface area contributed by atoms with Gasteiger partial charge in [0.05, 0.1) is 30.1 Å². The molecule has 3 aromatic heterocycles. The zero-order valence-electron chi connectivity index (χ0n) is 24.3. The van der Waals surface area contributed by atoms with Crippen LogP contribution in [0, 0.1) is 11.3 Å². The van der Waals surface area contributed by atoms with Gasteiger partial charge in [0.25, 0.3) is 5.91 Å². The fourth-order valence-corrected chi connectivity index (χ4v) is 6.27. The van der Waals surface area contributed by atoms with Gasteiger partial charge in [0.1, 0.15) is 23.5 Å². The number of fused-ring (bicyclic) bond motifs is 1. The molecule has 4 aromatic rings. The van der Waals surface area contributed by atoms with Gasteiger partial charge in [-0.25, -0.2) is 23.2 Å². The summed E-state index contributed by atoms with van der Waals surface area (Å²) in [5.74, 6) is -0.473. The number of hydrogen-bond acceptors (Lipinski definition) is 9. The van der Waals surface area contributed by atoms with Gasteiger partial charge in [-0.05, 0) is 39.3 Å². The van der Waals surface area contributed by atoms with Crippen molar-refractivity contribution in [3.05, 3.63) is 66.9 Å². The molecule has 43 heavy (non-hydrogen) atoms. The van der Waals surface area contributed by atoms with Gasteiger partial charge in [-0.3, -0.25) is 14.0 Å². The Bertz CT molecular complexity index is 1810. The molecule has 1 saturated heterocycles. The van der Waals surface area contributed by atoms with Crippen molar-refractivity contribution in [2.45, 2.75) is 51.3 Å². The van der Waals surface area contributed by atoms with Crippen LogP contribution in [0.15, 0.2) is 61.3 Å². The molecule has 0 unspecified atom stereocenters. The standard InChI is InChI=1S/C29H32N8O5S/c1-5-43(40,41)35-17-29(18-35,12-13-30)37-16-21(15-33-37)23-22-11-14-36(25(22)32-19-31-23)26(38)24(20-9-7-6-8-10-20)34-27(39)42-28(2,3)4/h6-11,14-16,19,24H,5,12,17-18H2,1-4H3,(H,34,39)/t24-/m0/s1. The fourth-order valence-electron chi connectivity index (χ4n) is 5.04. The second-order valence-electron chi connectivity index (χ2n) is 11.4. The van der Waals surface area contributed by atoms with E-state index in [0.717, 1.165) is 0 Å². The first-order valence-electron chi connectivity index (χ1n) is 13.7. The minimum atomic E-state index is -3.39. The summed E-state index contributed by atoms with van der Waals surface area (Å²) in [6.45, 7) is 7.09. The molecule has 5 rings (SSSR count). The van der Waals surface area contributed by atoms with Gasteiger partial charge in [-0.1, -0.05) is 30.3 Å². The second kappa shape index (κ2) is 11.2. The molecule has 0 aliphatic carbocycles. The van der Waals surface area contributed by atoms with Crippen LogP contribution in [0.1, 0.15) is 50.5 Å². The van der Waals surface area contributed by atoms with E-state index in [0.29, 0.717) is 27.9 Å². The molecule has 1 aromatic carbocycles. The number of ether oxygens (including phenoxy) is 1. The number of aromatic nitrogens is 5. The van der Waals surface area contributed by atoms with Crippen molar-refractivity contribution in [2.75, 3.05) is 18.8 Å². The number of nitriles is 1. The predicted octanol–water partition coefficient (Wildman–Crippen LogP) is 3.48. The number of nitrogens with one attached hydrogen (secondary N) is 1. The topological polar surface area (TPSA) is 165 Å². The first-order chi connectivity index (χ1) is 20.4. The highest BCUT2D eigenvalue weighted by molar-refractivity contribution is 7.89. The molecule has 0 saturated carbocycles. The number of benzene rings is 1. The van der Waals surface area contributed by atoms with E-state index in [9.17, 15) is 23.3 Å². The lowest BCUT2D eigenvalue weighted by Crippen LogP contribution is -2.64. The number of rotatable bonds is 8. The fraction of sp³-hybridized carbons (Fsp3) is 0.379. The van der Waals surface area contributed by atoms with Crippen LogP contribution >= 0.6 is 0 Å². The molecule has 0 bridgehead atoms. The van der Waals surface area contributed by atoms with Crippen LogP contribution in [0.5, 0.6) is 0 Å². The first-order valence-corrected chi connectivity index (χ1v) is 15.3. The second-order valence-corrected chi connectivity index (χ2v) is 13.6. The molecule has 224 valence electrons. The van der Waals surface area contributed by atoms with E-state index in [1.807, 2.05) is 6.07 Å². The average Bonchev–Trinajstić information content (AvgIpc) is 3.60. The average molecular weight is 605 g/mol. The molecule has 1 aliphatic rings. The van der Waals surface area contributed by atoms with E-state index in [2.05, 4.69) is 26.5 Å². The van der Waals surface area contributed by atoms with Gasteiger partial charge < -0.3 is 10.1 Å². The van der Waals surface area contributed by atoms with Gasteiger partial charge in [-0.15, -0.1) is 0 Å². The SMILES string of the molecule is CCS(=O)(=O)N1CC(CC#N)(n2cc(-c3ncnc4c3ccn4C(=O)[C@@H](NC(=O)OC(C)(C)C)c3ccccc3)cn2)C1. The Hall–Kier alpha value is -4.61. The molecule has 1 fully saturated rings. The third-order valence-electron chi connectivity index (χ3n) is 7.21. The molecule has 14 heteroatoms. The number of nitrogens with zero attached hydrogens (tertiary/aromatic N) is 7. The van der Waals surface area contributed by atoms with Crippen LogP contribution in [0.3, 0.4) is 0 Å². The number of carbonyl (C=O) groups excluding carboxylic acids is 2. The Balaban J connectivity index is 1.47. The maximum Gasteiger partial charge on any atom is 0.408 e. The Morgan fingerprint density at radius 3 is 2.53 bits per heavy atom. The van der Waals surface area contributed by atoms with Crippen molar-refractivity contribution in [2.24, 2.45) is 0 Å². The largest absolute Gasteiger partial charge is 0.444 e. The monoisotopic (exact) mass is 604 g/mol. The molecular formula is C29H32N8O5S. The predicted molar refractivity (Wildman–Crippen MR) is 157 cm³/mol. The lowest BCUT2D eigenvalue weighted by atomic mass is 9.89. The van der Waals surface area contributed by atoms with Crippen LogP contribution in [0.2, 0.25) is 0 Å². The van der Waals surface area contributed by atoms with Crippen molar-refractivity contribution < 1.29 is 22.7 Å². The molecular weight excluding hydrogens is 572 g/mol. The molecule has 4 heterocycles. The zero-order valence-corrected chi connectivity index (χ0v) is 25.1. The summed E-state index contributed by atoms with van der Waals surface area (Å²) >= 11 is 0. The van der Waals surface area contributed by atoms with Gasteiger partial charge in [0, 0.05) is 36.4 Å². The van der Waals surface area contributed by atoms with Gasteiger partial charge in [0.2, 0.25) is 10.0 Å². The van der Waals surface area contributed by atoms with Crippen molar-refractivity contribution in [1.82, 2.24) is 33.9 Å². The summed E-state index contributed by atoms with van der Waals surface area (Å²) in [7, 11) is -3.39. The summed E-state index contributed by atoms with van der Waals surface area (Å²) in [6, 6.07) is 11.7. The summed E-state index contributed by atoms with van der Waals surface area (Å²) < 4.78 is 34.4. The van der Waals surface area contributed by atoms with Gasteiger partial charge >= 0.3 is 6.09 Å². The van der Waals surface area contributed by atoms with Crippen LogP contribution < -0.4 is 5.32 Å². The molecule has 1 atom stereocenters. The Morgan fingerprint density at radius 2 is 1.88 bits per heavy atom. The molecule has 1 N–H and O–H groups in total. The van der Waals surface area contributed by atoms with Crippen LogP contribution in [0.4, 0.5) is 4.79 Å². The quantitative estimate of drug-likeness (QED) is 0.317. The number of hydrogen-bond donors (Lipinski definition) is 1. The molecule has 0 radical (unpaired) electrons. The Labute approximate surface area is 249 Å². The molecule has 13 nitrogen and oxygen atoms in total. The number of sulfonamides is 1. The van der Waals surface area contributed by atoms with Crippen LogP contribution in [-0.2, 0) is 20.3 Å². The van der Waals surface area contributed by atoms with E-state index in [1.54, 1.807) is 81.3 Å². The van der Waals surface area contributed by atoms with Crippen molar-refractivity contribution >= 4 is 33.1 Å². The number of carbonyl (C=O) groups is 2. The zero-order chi connectivity index (χ0) is 31.0. The minimum Gasteiger partial charge on any atom is -0.444 e. The third kappa shape index (κ3) is 5.86. The normalized spacial score (nSPS) is 15.8. The highest BCUT2D eigenvalue weighted by atomic mass is 32.2. The lowest BCUT2D eigenvalue weighted by Gasteiger charge is -2.47. The maximum absolute atomic E-state index is 13.9. The van der Waals surface area contributed by atoms with E-state index >= 15 is 0 Å². The summed E-state index contributed by atoms with van der Waals surface area (Å²) in [5, 5.41) is 17.2. The molecule has 1 amide bonds. The Kier molecular flexibility index (Phi) is 7.80. The molecule has 0 spiro atoms. The number of alkyl carbamates (subject to hydrolysis) is 1. The van der Waals surface area contributed by atoms with Crippen molar-refractivity contribution in [1.29, 1.82) is 5.26 Å². The van der Waals surface area contributed by atoms with Crippen LogP contribution in [-0.4, -0.2) is 73.5 Å². The Morgan fingerprint density at radius 1 is 1.16 bits per heavy atom. The molecule has 1 aliphatic heterocycles. The maximum atomic E-state index is 13.9. The van der Waals surface area contributed by atoms with E-state index in [-0.39, 0.29) is 25.3 Å². The van der Waals surface area contributed by atoms with E-state index in [1.165, 1.54) is 15.2 Å². The van der Waals surface area contributed by atoms with Crippen molar-refractivity contribution in [3.63, 3.8) is 0 Å². The van der Waals surface area contributed by atoms with Crippen LogP contribution in [0.25, 0.3) is 22.3 Å². The number of amides is 1. The first kappa shape index (κ1) is 29.9. The smallest absolute Gasteiger partial charge is 0.408 e. The summed E-state index contributed by atoms with van der Waals surface area (Å²) in [5.41, 5.74) is 0.458. The van der Waals surface area contributed by atoms with E-state index in [4.69, 9.17) is 4.74 Å². The lowest BCUT2D eigenvalue weighted by molar-refractivity contribution is 0.0482. The van der Waals surface area contributed by atoms with E-state index < -0.39 is 39.2 Å².